The first-order valence-electron chi connectivity index (χ1n) is 8.68. The average molecular weight is 389 g/mol. The molecule has 2 aromatic rings. The fraction of sp³-hybridized carbons (Fsp3) is 0.444. The fourth-order valence-corrected chi connectivity index (χ4v) is 3.95. The number of aromatic nitrogens is 1. The van der Waals surface area contributed by atoms with Gasteiger partial charge in [0.05, 0.1) is 5.69 Å². The molecule has 3 N–H and O–H groups in total. The Bertz CT molecular complexity index is 1110. The molecule has 144 valence electrons. The number of anilines is 1. The molecular formula is C18H23N5O3S. The number of hydrogen-bond donors (Lipinski definition) is 2. The first-order chi connectivity index (χ1) is 12.6. The van der Waals surface area contributed by atoms with E-state index in [0.717, 1.165) is 22.2 Å². The minimum Gasteiger partial charge on any atom is -0.368 e. The number of hydrogen-bond acceptors (Lipinski definition) is 5. The maximum absolute atomic E-state index is 12.7. The van der Waals surface area contributed by atoms with Crippen molar-refractivity contribution in [3.63, 3.8) is 0 Å². The lowest BCUT2D eigenvalue weighted by atomic mass is 9.93. The van der Waals surface area contributed by atoms with Crippen molar-refractivity contribution in [2.75, 3.05) is 24.5 Å². The molecule has 1 aromatic heterocycles. The van der Waals surface area contributed by atoms with E-state index in [1.54, 1.807) is 7.05 Å². The summed E-state index contributed by atoms with van der Waals surface area (Å²) in [5, 5.41) is 16.0. The van der Waals surface area contributed by atoms with Gasteiger partial charge in [-0.2, -0.15) is 13.7 Å². The van der Waals surface area contributed by atoms with Crippen molar-refractivity contribution in [1.29, 1.82) is 5.26 Å². The molecule has 3 rings (SSSR count). The molecule has 0 saturated carbocycles. The van der Waals surface area contributed by atoms with Crippen LogP contribution in [-0.4, -0.2) is 32.6 Å². The van der Waals surface area contributed by atoms with Crippen LogP contribution in [0.5, 0.6) is 0 Å². The van der Waals surface area contributed by atoms with E-state index in [1.807, 2.05) is 26.0 Å². The SMILES string of the molecule is Cc1cc2c(N3CC(CCNS(N)(=O)=O)C3)c(C#N)n(C)c(=O)c2cc1C. The van der Waals surface area contributed by atoms with Crippen LogP contribution >= 0.6 is 0 Å². The van der Waals surface area contributed by atoms with Gasteiger partial charge in [0, 0.05) is 37.5 Å². The van der Waals surface area contributed by atoms with Gasteiger partial charge >= 0.3 is 0 Å². The van der Waals surface area contributed by atoms with Crippen LogP contribution in [0.1, 0.15) is 23.2 Å². The molecule has 0 atom stereocenters. The number of nitriles is 1. The van der Waals surface area contributed by atoms with E-state index in [0.29, 0.717) is 36.5 Å². The molecule has 0 spiro atoms. The Morgan fingerprint density at radius 3 is 2.41 bits per heavy atom. The lowest BCUT2D eigenvalue weighted by molar-refractivity contribution is 0.384. The molecule has 0 unspecified atom stereocenters. The lowest BCUT2D eigenvalue weighted by Crippen LogP contribution is -2.49. The Morgan fingerprint density at radius 2 is 1.85 bits per heavy atom. The minimum absolute atomic E-state index is 0.178. The molecule has 0 amide bonds. The summed E-state index contributed by atoms with van der Waals surface area (Å²) in [6.45, 7) is 5.63. The molecule has 2 heterocycles. The van der Waals surface area contributed by atoms with Crippen LogP contribution in [0.15, 0.2) is 16.9 Å². The van der Waals surface area contributed by atoms with E-state index >= 15 is 0 Å². The number of pyridine rings is 1. The maximum Gasteiger partial charge on any atom is 0.274 e. The van der Waals surface area contributed by atoms with E-state index < -0.39 is 10.2 Å². The van der Waals surface area contributed by atoms with Gasteiger partial charge in [0.2, 0.25) is 0 Å². The highest BCUT2D eigenvalue weighted by Gasteiger charge is 2.31. The first-order valence-corrected chi connectivity index (χ1v) is 10.2. The second-order valence-electron chi connectivity index (χ2n) is 7.15. The third-order valence-electron chi connectivity index (χ3n) is 5.22. The van der Waals surface area contributed by atoms with Crippen LogP contribution in [0, 0.1) is 31.1 Å². The molecule has 8 nitrogen and oxygen atoms in total. The molecule has 1 saturated heterocycles. The summed E-state index contributed by atoms with van der Waals surface area (Å²) in [7, 11) is -2.06. The normalized spacial score (nSPS) is 15.0. The first kappa shape index (κ1) is 19.4. The van der Waals surface area contributed by atoms with Crippen LogP contribution in [0.4, 0.5) is 5.69 Å². The Kier molecular flexibility index (Phi) is 4.99. The summed E-state index contributed by atoms with van der Waals surface area (Å²) >= 11 is 0. The Labute approximate surface area is 158 Å². The zero-order valence-corrected chi connectivity index (χ0v) is 16.4. The van der Waals surface area contributed by atoms with Gasteiger partial charge in [-0.1, -0.05) is 0 Å². The van der Waals surface area contributed by atoms with Crippen molar-refractivity contribution >= 4 is 26.7 Å². The zero-order chi connectivity index (χ0) is 19.9. The Hall–Kier alpha value is -2.41. The van der Waals surface area contributed by atoms with Gasteiger partial charge in [-0.3, -0.25) is 4.79 Å². The molecule has 27 heavy (non-hydrogen) atoms. The number of nitrogens with one attached hydrogen (secondary N) is 1. The van der Waals surface area contributed by atoms with Crippen molar-refractivity contribution in [1.82, 2.24) is 9.29 Å². The Balaban J connectivity index is 1.94. The van der Waals surface area contributed by atoms with Crippen molar-refractivity contribution in [3.05, 3.63) is 39.3 Å². The second-order valence-corrected chi connectivity index (χ2v) is 8.53. The van der Waals surface area contributed by atoms with Crippen LogP contribution in [0.25, 0.3) is 10.8 Å². The lowest BCUT2D eigenvalue weighted by Gasteiger charge is -2.42. The molecule has 9 heteroatoms. The maximum atomic E-state index is 12.7. The molecule has 0 bridgehead atoms. The number of fused-ring (bicyclic) bond motifs is 1. The highest BCUT2D eigenvalue weighted by Crippen LogP contribution is 2.35. The Morgan fingerprint density at radius 1 is 1.26 bits per heavy atom. The zero-order valence-electron chi connectivity index (χ0n) is 15.6. The average Bonchev–Trinajstić information content (AvgIpc) is 2.54. The monoisotopic (exact) mass is 389 g/mol. The molecular weight excluding hydrogens is 366 g/mol. The molecule has 1 aromatic carbocycles. The minimum atomic E-state index is -3.67. The van der Waals surface area contributed by atoms with E-state index in [9.17, 15) is 18.5 Å². The molecule has 1 fully saturated rings. The molecule has 0 radical (unpaired) electrons. The smallest absolute Gasteiger partial charge is 0.274 e. The van der Waals surface area contributed by atoms with Gasteiger partial charge < -0.3 is 9.47 Å². The van der Waals surface area contributed by atoms with Crippen LogP contribution in [-0.2, 0) is 17.3 Å². The molecule has 0 aliphatic carbocycles. The van der Waals surface area contributed by atoms with Crippen LogP contribution in [0.2, 0.25) is 0 Å². The van der Waals surface area contributed by atoms with Crippen LogP contribution in [0.3, 0.4) is 0 Å². The largest absolute Gasteiger partial charge is 0.368 e. The van der Waals surface area contributed by atoms with Gasteiger partial charge in [0.25, 0.3) is 15.8 Å². The number of nitrogens with two attached hydrogens (primary N) is 1. The van der Waals surface area contributed by atoms with Gasteiger partial charge in [-0.15, -0.1) is 0 Å². The van der Waals surface area contributed by atoms with Gasteiger partial charge in [-0.05, 0) is 49.4 Å². The number of nitrogens with zero attached hydrogens (tertiary/aromatic N) is 3. The number of benzene rings is 1. The topological polar surface area (TPSA) is 121 Å². The number of rotatable bonds is 5. The summed E-state index contributed by atoms with van der Waals surface area (Å²) in [5.41, 5.74) is 3.04. The summed E-state index contributed by atoms with van der Waals surface area (Å²) < 4.78 is 25.6. The predicted octanol–water partition coefficient (Wildman–Crippen LogP) is 0.646. The summed E-state index contributed by atoms with van der Waals surface area (Å²) in [5.74, 6) is 0.296. The fourth-order valence-electron chi connectivity index (χ4n) is 3.55. The van der Waals surface area contributed by atoms with Gasteiger partial charge in [0.15, 0.2) is 0 Å². The quantitative estimate of drug-likeness (QED) is 0.777. The van der Waals surface area contributed by atoms with E-state index in [1.165, 1.54) is 4.57 Å². The number of aryl methyl sites for hydroxylation is 2. The summed E-state index contributed by atoms with van der Waals surface area (Å²) in [4.78, 5) is 14.7. The van der Waals surface area contributed by atoms with E-state index in [4.69, 9.17) is 5.14 Å². The van der Waals surface area contributed by atoms with Crippen molar-refractivity contribution in [3.8, 4) is 6.07 Å². The van der Waals surface area contributed by atoms with Crippen molar-refractivity contribution in [2.45, 2.75) is 20.3 Å². The standard InChI is InChI=1S/C18H23N5O3S/c1-11-6-14-15(7-12(11)2)18(24)22(3)16(8-19)17(14)23-9-13(10-23)4-5-21-27(20,25)26/h6-7,13,21H,4-5,9-10H2,1-3H3,(H2,20,25,26). The predicted molar refractivity (Wildman–Crippen MR) is 105 cm³/mol. The highest BCUT2D eigenvalue weighted by molar-refractivity contribution is 7.87. The molecule has 1 aliphatic rings. The van der Waals surface area contributed by atoms with E-state index in [2.05, 4.69) is 15.7 Å². The van der Waals surface area contributed by atoms with E-state index in [-0.39, 0.29) is 12.1 Å². The summed E-state index contributed by atoms with van der Waals surface area (Å²) in [6.07, 6.45) is 0.663. The summed E-state index contributed by atoms with van der Waals surface area (Å²) in [6, 6.07) is 6.02. The second kappa shape index (κ2) is 6.96. The van der Waals surface area contributed by atoms with Crippen LogP contribution < -0.4 is 20.3 Å². The third-order valence-corrected chi connectivity index (χ3v) is 5.83. The van der Waals surface area contributed by atoms with Crippen molar-refractivity contribution < 1.29 is 8.42 Å². The third kappa shape index (κ3) is 3.69. The van der Waals surface area contributed by atoms with Crippen molar-refractivity contribution in [2.24, 2.45) is 18.1 Å². The van der Waals surface area contributed by atoms with Gasteiger partial charge in [-0.25, -0.2) is 9.86 Å². The van der Waals surface area contributed by atoms with Gasteiger partial charge in [0.1, 0.15) is 11.8 Å². The highest BCUT2D eigenvalue weighted by atomic mass is 32.2. The molecule has 1 aliphatic heterocycles.